The van der Waals surface area contributed by atoms with Crippen LogP contribution in [-0.4, -0.2) is 0 Å². The molecule has 4 heteroatoms. The summed E-state index contributed by atoms with van der Waals surface area (Å²) in [6.45, 7) is 0.0963. The van der Waals surface area contributed by atoms with Gasteiger partial charge in [-0.25, -0.2) is 4.39 Å². The third kappa shape index (κ3) is 3.50. The van der Waals surface area contributed by atoms with Crippen molar-refractivity contribution in [2.75, 3.05) is 0 Å². The Morgan fingerprint density at radius 2 is 2.09 bits per heavy atom. The second kappa shape index (κ2) is 5.64. The Kier molecular flexibility index (Phi) is 6.17. The summed E-state index contributed by atoms with van der Waals surface area (Å²) in [6, 6.07) is 4.03. The third-order valence-corrected chi connectivity index (χ3v) is 1.56. The smallest absolute Gasteiger partial charge is 0.674 e. The van der Waals surface area contributed by atoms with Crippen molar-refractivity contribution >= 4 is 11.6 Å². The van der Waals surface area contributed by atoms with Crippen LogP contribution in [0.5, 0.6) is 0 Å². The van der Waals surface area contributed by atoms with Crippen LogP contribution in [0, 0.1) is 5.82 Å². The molecule has 1 nitrogen and oxygen atoms in total. The summed E-state index contributed by atoms with van der Waals surface area (Å²) in [4.78, 5) is 0. The van der Waals surface area contributed by atoms with Gasteiger partial charge in [0, 0.05) is 5.02 Å². The molecule has 1 aromatic rings. The minimum atomic E-state index is -0.359. The molecule has 0 heterocycles. The summed E-state index contributed by atoms with van der Waals surface area (Å²) >= 11 is 5.57. The zero-order chi connectivity index (χ0) is 7.56. The first-order valence-corrected chi connectivity index (χ1v) is 3.20. The monoisotopic (exact) mass is 197 g/mol. The second-order valence-electron chi connectivity index (χ2n) is 1.91. The molecular formula is C7H6ClFKN. The van der Waals surface area contributed by atoms with Gasteiger partial charge in [-0.2, -0.15) is 0 Å². The molecule has 0 aliphatic rings. The van der Waals surface area contributed by atoms with Crippen LogP contribution in [0.2, 0.25) is 5.02 Å². The number of rotatable bonds is 1. The van der Waals surface area contributed by atoms with E-state index in [1.54, 1.807) is 0 Å². The Bertz CT molecular complexity index is 242. The van der Waals surface area contributed by atoms with Crippen LogP contribution in [0.15, 0.2) is 18.2 Å². The predicted octanol–water partition coefficient (Wildman–Crippen LogP) is 0.0353. The zero-order valence-corrected chi connectivity index (χ0v) is 10.1. The van der Waals surface area contributed by atoms with Crippen LogP contribution in [0.4, 0.5) is 4.39 Å². The summed E-state index contributed by atoms with van der Waals surface area (Å²) in [5.74, 6) is -0.359. The van der Waals surface area contributed by atoms with Crippen molar-refractivity contribution in [1.82, 2.24) is 0 Å². The van der Waals surface area contributed by atoms with Crippen molar-refractivity contribution in [3.63, 3.8) is 0 Å². The first-order chi connectivity index (χ1) is 4.74. The molecule has 11 heavy (non-hydrogen) atoms. The molecule has 0 aromatic heterocycles. The van der Waals surface area contributed by atoms with Gasteiger partial charge in [0.1, 0.15) is 5.82 Å². The number of halogens is 2. The summed E-state index contributed by atoms with van der Waals surface area (Å²) in [5, 5.41) is 0.329. The predicted molar refractivity (Wildman–Crippen MR) is 39.4 cm³/mol. The maximum absolute atomic E-state index is 12.3. The molecule has 0 spiro atoms. The molecule has 0 aliphatic carbocycles. The first-order valence-electron chi connectivity index (χ1n) is 2.82. The SMILES string of the molecule is [K+].[NH-]Cc1ccc(F)cc1Cl. The number of hydrogen-bond acceptors (Lipinski definition) is 0. The molecular weight excluding hydrogens is 192 g/mol. The van der Waals surface area contributed by atoms with Gasteiger partial charge < -0.3 is 5.73 Å². The van der Waals surface area contributed by atoms with E-state index >= 15 is 0 Å². The maximum atomic E-state index is 12.3. The van der Waals surface area contributed by atoms with Crippen molar-refractivity contribution in [2.45, 2.75) is 6.54 Å². The molecule has 1 aromatic carbocycles. The molecule has 0 bridgehead atoms. The van der Waals surface area contributed by atoms with Crippen LogP contribution in [0.25, 0.3) is 5.73 Å². The summed E-state index contributed by atoms with van der Waals surface area (Å²) < 4.78 is 12.3. The summed E-state index contributed by atoms with van der Waals surface area (Å²) in [5.41, 5.74) is 7.60. The van der Waals surface area contributed by atoms with Crippen LogP contribution in [0.1, 0.15) is 5.56 Å². The quantitative estimate of drug-likeness (QED) is 0.568. The van der Waals surface area contributed by atoms with Crippen LogP contribution < -0.4 is 51.4 Å². The van der Waals surface area contributed by atoms with Crippen LogP contribution in [-0.2, 0) is 6.54 Å². The van der Waals surface area contributed by atoms with E-state index in [9.17, 15) is 4.39 Å². The average molecular weight is 198 g/mol. The first kappa shape index (κ1) is 12.0. The van der Waals surface area contributed by atoms with E-state index in [2.05, 4.69) is 0 Å². The van der Waals surface area contributed by atoms with Crippen LogP contribution >= 0.6 is 11.6 Å². The van der Waals surface area contributed by atoms with Crippen molar-refractivity contribution in [3.05, 3.63) is 40.3 Å². The van der Waals surface area contributed by atoms with E-state index in [0.29, 0.717) is 10.6 Å². The Morgan fingerprint density at radius 3 is 2.55 bits per heavy atom. The average Bonchev–Trinajstić information content (AvgIpc) is 1.88. The second-order valence-corrected chi connectivity index (χ2v) is 2.32. The topological polar surface area (TPSA) is 23.8 Å². The van der Waals surface area contributed by atoms with Crippen molar-refractivity contribution in [2.24, 2.45) is 0 Å². The van der Waals surface area contributed by atoms with E-state index in [1.807, 2.05) is 0 Å². The number of nitrogens with one attached hydrogen (secondary N) is 1. The van der Waals surface area contributed by atoms with E-state index in [-0.39, 0.29) is 63.7 Å². The van der Waals surface area contributed by atoms with Gasteiger partial charge in [-0.3, -0.25) is 0 Å². The van der Waals surface area contributed by atoms with Gasteiger partial charge >= 0.3 is 51.4 Å². The van der Waals surface area contributed by atoms with Crippen molar-refractivity contribution < 1.29 is 55.8 Å². The molecule has 0 radical (unpaired) electrons. The Balaban J connectivity index is 0.000001000. The maximum Gasteiger partial charge on any atom is 1.00 e. The molecule has 0 aliphatic heterocycles. The number of benzene rings is 1. The zero-order valence-electron chi connectivity index (χ0n) is 6.20. The standard InChI is InChI=1S/C7H6ClFN.K/c8-7-3-6(9)2-1-5(7)4-10;/h1-3,10H,4H2;/q-1;+1. The summed E-state index contributed by atoms with van der Waals surface area (Å²) in [6.07, 6.45) is 0. The normalized spacial score (nSPS) is 9.00. The van der Waals surface area contributed by atoms with Gasteiger partial charge in [-0.15, -0.1) is 6.54 Å². The minimum Gasteiger partial charge on any atom is -0.674 e. The fourth-order valence-corrected chi connectivity index (χ4v) is 0.899. The van der Waals surface area contributed by atoms with Crippen molar-refractivity contribution in [1.29, 1.82) is 0 Å². The van der Waals surface area contributed by atoms with Gasteiger partial charge in [-0.05, 0) is 17.7 Å². The van der Waals surface area contributed by atoms with Crippen LogP contribution in [0.3, 0.4) is 0 Å². The van der Waals surface area contributed by atoms with Gasteiger partial charge in [0.05, 0.1) is 0 Å². The summed E-state index contributed by atoms with van der Waals surface area (Å²) in [7, 11) is 0. The molecule has 0 saturated heterocycles. The molecule has 0 saturated carbocycles. The molecule has 0 unspecified atom stereocenters. The molecule has 0 atom stereocenters. The van der Waals surface area contributed by atoms with Gasteiger partial charge in [0.15, 0.2) is 0 Å². The van der Waals surface area contributed by atoms with Gasteiger partial charge in [0.2, 0.25) is 0 Å². The molecule has 1 N–H and O–H groups in total. The largest absolute Gasteiger partial charge is 1.00 e. The van der Waals surface area contributed by atoms with Gasteiger partial charge in [-0.1, -0.05) is 17.7 Å². The van der Waals surface area contributed by atoms with E-state index in [0.717, 1.165) is 0 Å². The molecule has 54 valence electrons. The fourth-order valence-electron chi connectivity index (χ4n) is 0.665. The van der Waals surface area contributed by atoms with E-state index in [1.165, 1.54) is 18.2 Å². The Morgan fingerprint density at radius 1 is 1.45 bits per heavy atom. The minimum absolute atomic E-state index is 0. The Labute approximate surface area is 113 Å². The van der Waals surface area contributed by atoms with Crippen molar-refractivity contribution in [3.8, 4) is 0 Å². The fraction of sp³-hybridized carbons (Fsp3) is 0.143. The molecule has 0 amide bonds. The van der Waals surface area contributed by atoms with Gasteiger partial charge in [0.25, 0.3) is 0 Å². The molecule has 1 rings (SSSR count). The van der Waals surface area contributed by atoms with E-state index in [4.69, 9.17) is 17.3 Å². The number of hydrogen-bond donors (Lipinski definition) is 0. The molecule has 0 fully saturated rings. The Hall–Kier alpha value is 1.04. The third-order valence-electron chi connectivity index (χ3n) is 1.21. The van der Waals surface area contributed by atoms with E-state index < -0.39 is 0 Å².